The van der Waals surface area contributed by atoms with Crippen molar-refractivity contribution in [2.45, 2.75) is 11.3 Å². The van der Waals surface area contributed by atoms with Crippen molar-refractivity contribution in [1.82, 2.24) is 4.90 Å². The van der Waals surface area contributed by atoms with E-state index in [1.807, 2.05) is 0 Å². The highest BCUT2D eigenvalue weighted by atomic mass is 32.2. The van der Waals surface area contributed by atoms with Crippen molar-refractivity contribution in [3.05, 3.63) is 30.1 Å². The Hall–Kier alpha value is -2.00. The van der Waals surface area contributed by atoms with E-state index in [0.29, 0.717) is 5.75 Å². The van der Waals surface area contributed by atoms with Gasteiger partial charge in [0, 0.05) is 17.1 Å². The number of carbonyl (C=O) groups excluding carboxylic acids is 1. The van der Waals surface area contributed by atoms with Crippen LogP contribution in [0.3, 0.4) is 0 Å². The van der Waals surface area contributed by atoms with E-state index in [4.69, 9.17) is 11.5 Å². The van der Waals surface area contributed by atoms with Crippen LogP contribution in [0.2, 0.25) is 0 Å². The van der Waals surface area contributed by atoms with Crippen LogP contribution < -0.4 is 0 Å². The number of aliphatic carboxylic acids is 1. The monoisotopic (exact) mass is 295 g/mol. The summed E-state index contributed by atoms with van der Waals surface area (Å²) in [5.74, 6) is 1.02. The van der Waals surface area contributed by atoms with E-state index < -0.39 is 12.5 Å². The predicted molar refractivity (Wildman–Crippen MR) is 74.8 cm³/mol. The van der Waals surface area contributed by atoms with Crippen LogP contribution in [0.5, 0.6) is 0 Å². The van der Waals surface area contributed by atoms with Crippen LogP contribution >= 0.6 is 11.8 Å². The lowest BCUT2D eigenvalue weighted by atomic mass is 10.3. The Morgan fingerprint density at radius 2 is 2.00 bits per heavy atom. The molecule has 0 radical (unpaired) electrons. The molecule has 0 aliphatic carbocycles. The molecule has 1 aromatic carbocycles. The van der Waals surface area contributed by atoms with E-state index >= 15 is 0 Å². The second-order valence-corrected chi connectivity index (χ2v) is 5.07. The minimum atomic E-state index is -1.10. The highest BCUT2D eigenvalue weighted by Crippen LogP contribution is 2.19. The summed E-state index contributed by atoms with van der Waals surface area (Å²) in [6.45, 7) is -0.420. The molecule has 6 heteroatoms. The fourth-order valence-electron chi connectivity index (χ4n) is 1.45. The zero-order valence-electron chi connectivity index (χ0n) is 10.7. The maximum atomic E-state index is 12.7. The average molecular weight is 295 g/mol. The molecule has 0 spiro atoms. The van der Waals surface area contributed by atoms with Crippen molar-refractivity contribution in [3.63, 3.8) is 0 Å². The number of nitrogens with zero attached hydrogens (tertiary/aromatic N) is 1. The molecule has 0 unspecified atom stereocenters. The highest BCUT2D eigenvalue weighted by molar-refractivity contribution is 7.99. The number of carbonyl (C=O) groups is 2. The second kappa shape index (κ2) is 8.23. The van der Waals surface area contributed by atoms with Gasteiger partial charge in [-0.15, -0.1) is 18.2 Å². The fraction of sp³-hybridized carbons (Fsp3) is 0.286. The van der Waals surface area contributed by atoms with Crippen LogP contribution in [-0.2, 0) is 9.59 Å². The van der Waals surface area contributed by atoms with Crippen LogP contribution in [0.1, 0.15) is 6.42 Å². The van der Waals surface area contributed by atoms with E-state index in [0.717, 1.165) is 9.80 Å². The number of benzene rings is 1. The summed E-state index contributed by atoms with van der Waals surface area (Å²) in [5.41, 5.74) is 0. The zero-order valence-corrected chi connectivity index (χ0v) is 11.5. The van der Waals surface area contributed by atoms with Crippen molar-refractivity contribution < 1.29 is 19.1 Å². The lowest BCUT2D eigenvalue weighted by molar-refractivity contribution is -0.143. The van der Waals surface area contributed by atoms with Crippen molar-refractivity contribution in [2.75, 3.05) is 18.8 Å². The molecule has 0 aliphatic heterocycles. The van der Waals surface area contributed by atoms with Crippen LogP contribution in [0.25, 0.3) is 0 Å². The van der Waals surface area contributed by atoms with Crippen LogP contribution in [-0.4, -0.2) is 40.7 Å². The summed E-state index contributed by atoms with van der Waals surface area (Å²) in [4.78, 5) is 24.4. The van der Waals surface area contributed by atoms with E-state index in [-0.39, 0.29) is 24.7 Å². The van der Waals surface area contributed by atoms with Gasteiger partial charge in [0.15, 0.2) is 0 Å². The lowest BCUT2D eigenvalue weighted by Gasteiger charge is -2.17. The summed E-state index contributed by atoms with van der Waals surface area (Å²) in [5, 5.41) is 8.69. The molecular formula is C14H14FNO3S. The molecule has 0 bridgehead atoms. The summed E-state index contributed by atoms with van der Waals surface area (Å²) in [6.07, 6.45) is 5.28. The van der Waals surface area contributed by atoms with Gasteiger partial charge < -0.3 is 10.0 Å². The number of thioether (sulfide) groups is 1. The molecule has 106 valence electrons. The molecule has 20 heavy (non-hydrogen) atoms. The van der Waals surface area contributed by atoms with Gasteiger partial charge in [0.2, 0.25) is 5.91 Å². The molecule has 1 amide bonds. The molecule has 0 heterocycles. The van der Waals surface area contributed by atoms with Gasteiger partial charge in [-0.25, -0.2) is 4.39 Å². The number of terminal acetylenes is 1. The van der Waals surface area contributed by atoms with Gasteiger partial charge in [0.25, 0.3) is 0 Å². The van der Waals surface area contributed by atoms with E-state index in [1.165, 1.54) is 23.9 Å². The zero-order chi connectivity index (χ0) is 15.0. The van der Waals surface area contributed by atoms with Gasteiger partial charge in [-0.3, -0.25) is 9.59 Å². The first kappa shape index (κ1) is 16.1. The van der Waals surface area contributed by atoms with Gasteiger partial charge in [0.1, 0.15) is 12.4 Å². The number of carboxylic acid groups (broad SMARTS) is 1. The molecule has 1 N–H and O–H groups in total. The third-order valence-electron chi connectivity index (χ3n) is 2.36. The molecule has 0 atom stereocenters. The molecule has 1 rings (SSSR count). The number of halogens is 1. The van der Waals surface area contributed by atoms with Crippen molar-refractivity contribution in [1.29, 1.82) is 0 Å². The molecule has 4 nitrogen and oxygen atoms in total. The molecule has 0 saturated carbocycles. The first-order valence-electron chi connectivity index (χ1n) is 5.84. The summed E-state index contributed by atoms with van der Waals surface area (Å²) in [7, 11) is 0. The fourth-order valence-corrected chi connectivity index (χ4v) is 2.29. The largest absolute Gasteiger partial charge is 0.480 e. The minimum absolute atomic E-state index is 0.0215. The van der Waals surface area contributed by atoms with Crippen LogP contribution in [0.15, 0.2) is 29.2 Å². The maximum Gasteiger partial charge on any atom is 0.323 e. The Morgan fingerprint density at radius 3 is 2.55 bits per heavy atom. The van der Waals surface area contributed by atoms with Crippen LogP contribution in [0.4, 0.5) is 4.39 Å². The SMILES string of the molecule is C#CCN(CC(=O)O)C(=O)CCSc1ccc(F)cc1. The number of hydrogen-bond acceptors (Lipinski definition) is 3. The van der Waals surface area contributed by atoms with E-state index in [1.54, 1.807) is 12.1 Å². The Balaban J connectivity index is 2.42. The third-order valence-corrected chi connectivity index (χ3v) is 3.37. The maximum absolute atomic E-state index is 12.7. The number of carboxylic acids is 1. The van der Waals surface area contributed by atoms with Crippen molar-refractivity contribution in [3.8, 4) is 12.3 Å². The van der Waals surface area contributed by atoms with Gasteiger partial charge >= 0.3 is 5.97 Å². The summed E-state index contributed by atoms with van der Waals surface area (Å²) in [6, 6.07) is 5.94. The van der Waals surface area contributed by atoms with Gasteiger partial charge in [-0.2, -0.15) is 0 Å². The number of amides is 1. The standard InChI is InChI=1S/C14H14FNO3S/c1-2-8-16(10-14(18)19)13(17)7-9-20-12-5-3-11(15)4-6-12/h1,3-6H,7-10H2,(H,18,19). The molecule has 0 aliphatic rings. The third kappa shape index (κ3) is 5.76. The van der Waals surface area contributed by atoms with Crippen molar-refractivity contribution >= 4 is 23.6 Å². The van der Waals surface area contributed by atoms with Gasteiger partial charge in [-0.05, 0) is 24.3 Å². The van der Waals surface area contributed by atoms with E-state index in [2.05, 4.69) is 5.92 Å². The quantitative estimate of drug-likeness (QED) is 0.616. The Bertz CT molecular complexity index is 510. The summed E-state index contributed by atoms with van der Waals surface area (Å²) < 4.78 is 12.7. The topological polar surface area (TPSA) is 57.6 Å². The Labute approximate surface area is 121 Å². The predicted octanol–water partition coefficient (Wildman–Crippen LogP) is 1.85. The molecule has 0 aromatic heterocycles. The van der Waals surface area contributed by atoms with E-state index in [9.17, 15) is 14.0 Å². The Morgan fingerprint density at radius 1 is 1.35 bits per heavy atom. The lowest BCUT2D eigenvalue weighted by Crippen LogP contribution is -2.36. The minimum Gasteiger partial charge on any atom is -0.480 e. The molecule has 1 aromatic rings. The normalized spacial score (nSPS) is 9.80. The first-order valence-corrected chi connectivity index (χ1v) is 6.83. The molecule has 0 fully saturated rings. The highest BCUT2D eigenvalue weighted by Gasteiger charge is 2.15. The molecule has 0 saturated heterocycles. The smallest absolute Gasteiger partial charge is 0.323 e. The first-order chi connectivity index (χ1) is 9.52. The molecular weight excluding hydrogens is 281 g/mol. The average Bonchev–Trinajstić information content (AvgIpc) is 2.40. The second-order valence-electron chi connectivity index (χ2n) is 3.90. The van der Waals surface area contributed by atoms with Crippen LogP contribution in [0, 0.1) is 18.2 Å². The van der Waals surface area contributed by atoms with Crippen molar-refractivity contribution in [2.24, 2.45) is 0 Å². The van der Waals surface area contributed by atoms with Gasteiger partial charge in [-0.1, -0.05) is 5.92 Å². The van der Waals surface area contributed by atoms with Gasteiger partial charge in [0.05, 0.1) is 6.54 Å². The number of hydrogen-bond donors (Lipinski definition) is 1. The summed E-state index contributed by atoms with van der Waals surface area (Å²) >= 11 is 1.40. The number of rotatable bonds is 7. The Kier molecular flexibility index (Phi) is 6.60.